The molecule has 184 valence electrons. The van der Waals surface area contributed by atoms with Crippen LogP contribution < -0.4 is 14.8 Å². The van der Waals surface area contributed by atoms with Gasteiger partial charge in [-0.2, -0.15) is 5.26 Å². The average molecular weight is 605 g/mol. The van der Waals surface area contributed by atoms with Crippen LogP contribution in [0.25, 0.3) is 16.8 Å². The summed E-state index contributed by atoms with van der Waals surface area (Å²) in [6.45, 7) is 0.335. The molecule has 4 aromatic carbocycles. The number of methoxy groups -OCH3 is 1. The molecule has 4 aromatic rings. The lowest BCUT2D eigenvalue weighted by Crippen LogP contribution is -2.13. The highest BCUT2D eigenvalue weighted by Crippen LogP contribution is 2.35. The Labute approximate surface area is 226 Å². The van der Waals surface area contributed by atoms with Crippen LogP contribution >= 0.6 is 22.6 Å². The van der Waals surface area contributed by atoms with Crippen LogP contribution in [0.15, 0.2) is 84.4 Å². The molecule has 0 saturated carbocycles. The van der Waals surface area contributed by atoms with Crippen molar-refractivity contribution in [1.82, 2.24) is 0 Å². The summed E-state index contributed by atoms with van der Waals surface area (Å²) < 4.78 is 12.3. The summed E-state index contributed by atoms with van der Waals surface area (Å²) >= 11 is 2.11. The summed E-state index contributed by atoms with van der Waals surface area (Å²) in [5.41, 5.74) is 1.44. The van der Waals surface area contributed by atoms with Crippen LogP contribution in [-0.2, 0) is 11.4 Å². The Morgan fingerprint density at radius 1 is 1.08 bits per heavy atom. The second-order valence-electron chi connectivity index (χ2n) is 7.94. The number of hydrogen-bond donors (Lipinski definition) is 1. The van der Waals surface area contributed by atoms with Gasteiger partial charge in [0.05, 0.1) is 15.6 Å². The minimum absolute atomic E-state index is 0.168. The Morgan fingerprint density at radius 2 is 1.86 bits per heavy atom. The van der Waals surface area contributed by atoms with E-state index in [0.29, 0.717) is 23.7 Å². The number of nitro benzene ring substituents is 1. The molecular weight excluding hydrogens is 585 g/mol. The predicted molar refractivity (Wildman–Crippen MR) is 149 cm³/mol. The number of nitro groups is 1. The van der Waals surface area contributed by atoms with E-state index in [1.807, 2.05) is 36.4 Å². The largest absolute Gasteiger partial charge is 0.493 e. The Balaban J connectivity index is 1.53. The van der Waals surface area contributed by atoms with Crippen molar-refractivity contribution in [2.45, 2.75) is 6.61 Å². The molecule has 0 aliphatic heterocycles. The third kappa shape index (κ3) is 6.23. The van der Waals surface area contributed by atoms with Crippen LogP contribution in [0.5, 0.6) is 11.5 Å². The SMILES string of the molecule is COc1cc(/C=C(\C#N)C(=O)Nc2cccc([N+](=O)[O-])c2)cc(I)c1OCc1ccc2ccccc2c1. The molecule has 0 saturated heterocycles. The topological polar surface area (TPSA) is 114 Å². The zero-order valence-electron chi connectivity index (χ0n) is 19.6. The lowest BCUT2D eigenvalue weighted by Gasteiger charge is -2.14. The number of nitriles is 1. The van der Waals surface area contributed by atoms with Crippen molar-refractivity contribution in [3.8, 4) is 17.6 Å². The number of halogens is 1. The van der Waals surface area contributed by atoms with E-state index in [1.165, 1.54) is 37.5 Å². The number of hydrogen-bond acceptors (Lipinski definition) is 6. The first-order valence-electron chi connectivity index (χ1n) is 11.0. The first kappa shape index (κ1) is 25.7. The van der Waals surface area contributed by atoms with Gasteiger partial charge in [-0.3, -0.25) is 14.9 Å². The van der Waals surface area contributed by atoms with E-state index < -0.39 is 10.8 Å². The fraction of sp³-hybridized carbons (Fsp3) is 0.0714. The minimum Gasteiger partial charge on any atom is -0.493 e. The van der Waals surface area contributed by atoms with Gasteiger partial charge in [0.1, 0.15) is 18.2 Å². The Kier molecular flexibility index (Phi) is 8.00. The van der Waals surface area contributed by atoms with E-state index >= 15 is 0 Å². The molecule has 37 heavy (non-hydrogen) atoms. The maximum absolute atomic E-state index is 12.7. The number of rotatable bonds is 8. The lowest BCUT2D eigenvalue weighted by atomic mass is 10.1. The van der Waals surface area contributed by atoms with Crippen molar-refractivity contribution in [2.24, 2.45) is 0 Å². The van der Waals surface area contributed by atoms with Crippen LogP contribution in [-0.4, -0.2) is 17.9 Å². The number of ether oxygens (including phenoxy) is 2. The fourth-order valence-electron chi connectivity index (χ4n) is 3.66. The van der Waals surface area contributed by atoms with Gasteiger partial charge in [0, 0.05) is 17.8 Å². The maximum Gasteiger partial charge on any atom is 0.271 e. The number of carbonyl (C=O) groups is 1. The van der Waals surface area contributed by atoms with Crippen molar-refractivity contribution in [3.05, 3.63) is 109 Å². The highest BCUT2D eigenvalue weighted by Gasteiger charge is 2.15. The summed E-state index contributed by atoms with van der Waals surface area (Å²) in [6.07, 6.45) is 1.42. The standard InChI is InChI=1S/C28H20IN3O5/c1-36-26-14-19(12-22(16-30)28(33)31-23-7-4-8-24(15-23)32(34)35)13-25(29)27(26)37-17-18-9-10-20-5-2-3-6-21(20)11-18/h2-15H,17H2,1H3,(H,31,33)/b22-12+. The number of nitrogens with zero attached hydrogens (tertiary/aromatic N) is 2. The number of fused-ring (bicyclic) bond motifs is 1. The molecule has 0 fully saturated rings. The Bertz CT molecular complexity index is 1580. The highest BCUT2D eigenvalue weighted by atomic mass is 127. The average Bonchev–Trinajstić information content (AvgIpc) is 2.90. The van der Waals surface area contributed by atoms with Gasteiger partial charge >= 0.3 is 0 Å². The van der Waals surface area contributed by atoms with E-state index in [9.17, 15) is 20.2 Å². The molecule has 1 amide bonds. The number of nitrogens with one attached hydrogen (secondary N) is 1. The fourth-order valence-corrected chi connectivity index (χ4v) is 4.44. The van der Waals surface area contributed by atoms with Gasteiger partial charge in [0.25, 0.3) is 11.6 Å². The highest BCUT2D eigenvalue weighted by molar-refractivity contribution is 14.1. The van der Waals surface area contributed by atoms with Crippen LogP contribution in [0.2, 0.25) is 0 Å². The molecule has 0 unspecified atom stereocenters. The molecule has 0 heterocycles. The van der Waals surface area contributed by atoms with Gasteiger partial charge in [0.2, 0.25) is 0 Å². The lowest BCUT2D eigenvalue weighted by molar-refractivity contribution is -0.384. The number of benzene rings is 4. The van der Waals surface area contributed by atoms with E-state index in [4.69, 9.17) is 9.47 Å². The van der Waals surface area contributed by atoms with E-state index in [0.717, 1.165) is 19.9 Å². The normalized spacial score (nSPS) is 11.0. The zero-order valence-corrected chi connectivity index (χ0v) is 21.8. The van der Waals surface area contributed by atoms with Crippen LogP contribution in [0.3, 0.4) is 0 Å². The van der Waals surface area contributed by atoms with Crippen LogP contribution in [0.1, 0.15) is 11.1 Å². The van der Waals surface area contributed by atoms with Crippen LogP contribution in [0, 0.1) is 25.0 Å². The Morgan fingerprint density at radius 3 is 2.59 bits per heavy atom. The molecule has 0 atom stereocenters. The van der Waals surface area contributed by atoms with Gasteiger partial charge in [-0.05, 0) is 74.8 Å². The number of carbonyl (C=O) groups excluding carboxylic acids is 1. The van der Waals surface area contributed by atoms with E-state index in [1.54, 1.807) is 12.1 Å². The smallest absolute Gasteiger partial charge is 0.271 e. The number of anilines is 1. The Hall–Kier alpha value is -4.43. The first-order chi connectivity index (χ1) is 17.9. The predicted octanol–water partition coefficient (Wildman–Crippen LogP) is 6.49. The summed E-state index contributed by atoms with van der Waals surface area (Å²) in [4.78, 5) is 23.1. The quantitative estimate of drug-likeness (QED) is 0.0808. The second-order valence-corrected chi connectivity index (χ2v) is 9.10. The van der Waals surface area contributed by atoms with Crippen molar-refractivity contribution >= 4 is 56.7 Å². The van der Waals surface area contributed by atoms with Crippen LogP contribution in [0.4, 0.5) is 11.4 Å². The third-order valence-corrected chi connectivity index (χ3v) is 6.24. The van der Waals surface area contributed by atoms with E-state index in [2.05, 4.69) is 40.0 Å². The molecule has 0 spiro atoms. The summed E-state index contributed by atoms with van der Waals surface area (Å²) in [5.74, 6) is 0.317. The monoisotopic (exact) mass is 605 g/mol. The summed E-state index contributed by atoms with van der Waals surface area (Å²) in [6, 6.07) is 25.1. The molecule has 4 rings (SSSR count). The van der Waals surface area contributed by atoms with E-state index in [-0.39, 0.29) is 16.9 Å². The maximum atomic E-state index is 12.7. The van der Waals surface area contributed by atoms with Gasteiger partial charge < -0.3 is 14.8 Å². The third-order valence-electron chi connectivity index (χ3n) is 5.44. The minimum atomic E-state index is -0.686. The molecule has 0 radical (unpaired) electrons. The molecule has 0 bridgehead atoms. The van der Waals surface area contributed by atoms with Crippen molar-refractivity contribution in [3.63, 3.8) is 0 Å². The van der Waals surface area contributed by atoms with Gasteiger partial charge in [0.15, 0.2) is 11.5 Å². The molecule has 1 N–H and O–H groups in total. The molecule has 0 aliphatic carbocycles. The summed E-state index contributed by atoms with van der Waals surface area (Å²) in [5, 5.41) is 25.3. The van der Waals surface area contributed by atoms with Gasteiger partial charge in [-0.1, -0.05) is 42.5 Å². The molecule has 0 aromatic heterocycles. The molecular formula is C28H20IN3O5. The first-order valence-corrected chi connectivity index (χ1v) is 12.1. The number of amides is 1. The van der Waals surface area contributed by atoms with Gasteiger partial charge in [-0.25, -0.2) is 0 Å². The molecule has 8 nitrogen and oxygen atoms in total. The van der Waals surface area contributed by atoms with Gasteiger partial charge in [-0.15, -0.1) is 0 Å². The second kappa shape index (κ2) is 11.5. The number of non-ortho nitro benzene ring substituents is 1. The summed E-state index contributed by atoms with van der Waals surface area (Å²) in [7, 11) is 1.52. The van der Waals surface area contributed by atoms with Crippen molar-refractivity contribution < 1.29 is 19.2 Å². The zero-order chi connectivity index (χ0) is 26.4. The van der Waals surface area contributed by atoms with Crippen molar-refractivity contribution in [1.29, 1.82) is 5.26 Å². The molecule has 0 aliphatic rings. The van der Waals surface area contributed by atoms with Crippen molar-refractivity contribution in [2.75, 3.05) is 12.4 Å². The molecule has 9 heteroatoms.